The van der Waals surface area contributed by atoms with E-state index in [0.717, 1.165) is 11.1 Å². The Balaban J connectivity index is 2.49. The lowest BCUT2D eigenvalue weighted by Crippen LogP contribution is -1.98. The van der Waals surface area contributed by atoms with Crippen LogP contribution in [0.15, 0.2) is 30.5 Å². The first-order valence-corrected chi connectivity index (χ1v) is 4.89. The molecule has 3 nitrogen and oxygen atoms in total. The Morgan fingerprint density at radius 2 is 1.87 bits per heavy atom. The lowest BCUT2D eigenvalue weighted by molar-refractivity contribution is 1.06. The lowest BCUT2D eigenvalue weighted by Gasteiger charge is -2.04. The third-order valence-corrected chi connectivity index (χ3v) is 2.35. The summed E-state index contributed by atoms with van der Waals surface area (Å²) in [6, 6.07) is 7.42. The van der Waals surface area contributed by atoms with E-state index in [9.17, 15) is 0 Å². The maximum absolute atomic E-state index is 5.81. The summed E-state index contributed by atoms with van der Waals surface area (Å²) in [5.74, 6) is 1.16. The number of aryl methyl sites for hydroxylation is 1. The van der Waals surface area contributed by atoms with Gasteiger partial charge in [0.2, 0.25) is 0 Å². The summed E-state index contributed by atoms with van der Waals surface area (Å²) >= 11 is 5.80. The van der Waals surface area contributed by atoms with Gasteiger partial charge in [-0.1, -0.05) is 23.7 Å². The Hall–Kier alpha value is -1.61. The molecule has 2 N–H and O–H groups in total. The Morgan fingerprint density at radius 1 is 1.20 bits per heavy atom. The summed E-state index contributed by atoms with van der Waals surface area (Å²) < 4.78 is 0. The molecule has 0 fully saturated rings. The normalized spacial score (nSPS) is 10.3. The summed E-state index contributed by atoms with van der Waals surface area (Å²) in [6.45, 7) is 1.81. The highest BCUT2D eigenvalue weighted by molar-refractivity contribution is 6.30. The Bertz CT molecular complexity index is 480. The second-order valence-corrected chi connectivity index (χ2v) is 3.66. The molecule has 15 heavy (non-hydrogen) atoms. The molecule has 76 valence electrons. The number of nitrogens with two attached hydrogens (primary N) is 1. The first-order chi connectivity index (χ1) is 7.16. The molecule has 2 aromatic rings. The van der Waals surface area contributed by atoms with Gasteiger partial charge in [0, 0.05) is 16.8 Å². The molecule has 0 saturated heterocycles. The van der Waals surface area contributed by atoms with Crippen LogP contribution >= 0.6 is 11.6 Å². The van der Waals surface area contributed by atoms with E-state index in [-0.39, 0.29) is 0 Å². The number of halogens is 1. The van der Waals surface area contributed by atoms with Crippen molar-refractivity contribution in [3.8, 4) is 11.1 Å². The Labute approximate surface area is 92.9 Å². The number of benzene rings is 1. The molecule has 0 saturated carbocycles. The predicted molar refractivity (Wildman–Crippen MR) is 61.6 cm³/mol. The summed E-state index contributed by atoms with van der Waals surface area (Å²) in [5.41, 5.74) is 7.61. The molecule has 0 aliphatic heterocycles. The number of nitrogen functional groups attached to an aromatic ring is 1. The Morgan fingerprint density at radius 3 is 2.47 bits per heavy atom. The largest absolute Gasteiger partial charge is 0.383 e. The quantitative estimate of drug-likeness (QED) is 0.802. The highest BCUT2D eigenvalue weighted by Crippen LogP contribution is 2.24. The van der Waals surface area contributed by atoms with Crippen LogP contribution in [-0.4, -0.2) is 9.97 Å². The van der Waals surface area contributed by atoms with E-state index in [1.165, 1.54) is 0 Å². The second kappa shape index (κ2) is 3.87. The molecule has 0 radical (unpaired) electrons. The van der Waals surface area contributed by atoms with Gasteiger partial charge in [-0.15, -0.1) is 0 Å². The van der Waals surface area contributed by atoms with Gasteiger partial charge in [-0.3, -0.25) is 0 Å². The zero-order valence-electron chi connectivity index (χ0n) is 8.24. The Kier molecular flexibility index (Phi) is 2.56. The highest BCUT2D eigenvalue weighted by Gasteiger charge is 2.04. The van der Waals surface area contributed by atoms with E-state index in [1.54, 1.807) is 6.20 Å². The molecular formula is C11H10ClN3. The third-order valence-electron chi connectivity index (χ3n) is 2.09. The van der Waals surface area contributed by atoms with Gasteiger partial charge in [0.15, 0.2) is 0 Å². The number of aromatic nitrogens is 2. The second-order valence-electron chi connectivity index (χ2n) is 3.22. The molecule has 1 aromatic heterocycles. The van der Waals surface area contributed by atoms with Crippen molar-refractivity contribution in [2.75, 3.05) is 5.73 Å². The van der Waals surface area contributed by atoms with Crippen molar-refractivity contribution < 1.29 is 0 Å². The van der Waals surface area contributed by atoms with Gasteiger partial charge < -0.3 is 5.73 Å². The van der Waals surface area contributed by atoms with E-state index >= 15 is 0 Å². The van der Waals surface area contributed by atoms with Crippen LogP contribution in [0.4, 0.5) is 5.82 Å². The fourth-order valence-electron chi connectivity index (χ4n) is 1.34. The number of hydrogen-bond donors (Lipinski definition) is 1. The average molecular weight is 220 g/mol. The summed E-state index contributed by atoms with van der Waals surface area (Å²) in [5, 5.41) is 0.699. The molecular weight excluding hydrogens is 210 g/mol. The lowest BCUT2D eigenvalue weighted by atomic mass is 10.1. The standard InChI is InChI=1S/C11H10ClN3/c1-7-14-6-10(11(13)15-7)8-2-4-9(12)5-3-8/h2-6H,1H3,(H2,13,14,15). The molecule has 0 atom stereocenters. The molecule has 1 aromatic carbocycles. The minimum Gasteiger partial charge on any atom is -0.383 e. The van der Waals surface area contributed by atoms with Crippen LogP contribution in [-0.2, 0) is 0 Å². The maximum Gasteiger partial charge on any atom is 0.135 e. The van der Waals surface area contributed by atoms with Gasteiger partial charge in [0.25, 0.3) is 0 Å². The van der Waals surface area contributed by atoms with Crippen molar-refractivity contribution in [3.05, 3.63) is 41.3 Å². The van der Waals surface area contributed by atoms with Gasteiger partial charge in [0.05, 0.1) is 0 Å². The van der Waals surface area contributed by atoms with E-state index in [4.69, 9.17) is 17.3 Å². The summed E-state index contributed by atoms with van der Waals surface area (Å²) in [7, 11) is 0. The van der Waals surface area contributed by atoms with Gasteiger partial charge in [-0.05, 0) is 24.6 Å². The monoisotopic (exact) mass is 219 g/mol. The van der Waals surface area contributed by atoms with E-state index < -0.39 is 0 Å². The van der Waals surface area contributed by atoms with E-state index in [2.05, 4.69) is 9.97 Å². The first-order valence-electron chi connectivity index (χ1n) is 4.52. The van der Waals surface area contributed by atoms with Crippen molar-refractivity contribution >= 4 is 17.4 Å². The third kappa shape index (κ3) is 2.07. The van der Waals surface area contributed by atoms with Crippen LogP contribution in [0.2, 0.25) is 5.02 Å². The molecule has 0 aliphatic carbocycles. The molecule has 0 aliphatic rings. The molecule has 1 heterocycles. The van der Waals surface area contributed by atoms with E-state index in [1.807, 2.05) is 31.2 Å². The fourth-order valence-corrected chi connectivity index (χ4v) is 1.47. The van der Waals surface area contributed by atoms with E-state index in [0.29, 0.717) is 16.7 Å². The highest BCUT2D eigenvalue weighted by atomic mass is 35.5. The van der Waals surface area contributed by atoms with Crippen LogP contribution < -0.4 is 5.73 Å². The molecule has 0 amide bonds. The number of nitrogens with zero attached hydrogens (tertiary/aromatic N) is 2. The zero-order chi connectivity index (χ0) is 10.8. The zero-order valence-corrected chi connectivity index (χ0v) is 8.99. The molecule has 2 rings (SSSR count). The SMILES string of the molecule is Cc1ncc(-c2ccc(Cl)cc2)c(N)n1. The fraction of sp³-hybridized carbons (Fsp3) is 0.0909. The number of anilines is 1. The summed E-state index contributed by atoms with van der Waals surface area (Å²) in [6.07, 6.45) is 1.72. The number of hydrogen-bond acceptors (Lipinski definition) is 3. The van der Waals surface area contributed by atoms with Crippen LogP contribution in [0.1, 0.15) is 5.82 Å². The average Bonchev–Trinajstić information content (AvgIpc) is 2.20. The van der Waals surface area contributed by atoms with Crippen LogP contribution in [0.25, 0.3) is 11.1 Å². The van der Waals surface area contributed by atoms with Gasteiger partial charge in [-0.25, -0.2) is 9.97 Å². The predicted octanol–water partition coefficient (Wildman–Crippen LogP) is 2.69. The smallest absolute Gasteiger partial charge is 0.135 e. The molecule has 0 unspecified atom stereocenters. The van der Waals surface area contributed by atoms with Crippen molar-refractivity contribution in [3.63, 3.8) is 0 Å². The van der Waals surface area contributed by atoms with Crippen molar-refractivity contribution in [2.24, 2.45) is 0 Å². The van der Waals surface area contributed by atoms with Crippen molar-refractivity contribution in [1.29, 1.82) is 0 Å². The molecule has 0 bridgehead atoms. The molecule has 0 spiro atoms. The maximum atomic E-state index is 5.81. The van der Waals surface area contributed by atoms with Crippen LogP contribution in [0.3, 0.4) is 0 Å². The first kappa shape index (κ1) is 9.93. The molecule has 4 heteroatoms. The minimum atomic E-state index is 0.491. The number of rotatable bonds is 1. The van der Waals surface area contributed by atoms with Crippen molar-refractivity contribution in [1.82, 2.24) is 9.97 Å². The minimum absolute atomic E-state index is 0.491. The topological polar surface area (TPSA) is 51.8 Å². The van der Waals surface area contributed by atoms with Crippen LogP contribution in [0, 0.1) is 6.92 Å². The van der Waals surface area contributed by atoms with Gasteiger partial charge >= 0.3 is 0 Å². The van der Waals surface area contributed by atoms with Gasteiger partial charge in [0.1, 0.15) is 11.6 Å². The summed E-state index contributed by atoms with van der Waals surface area (Å²) in [4.78, 5) is 8.22. The van der Waals surface area contributed by atoms with Crippen LogP contribution in [0.5, 0.6) is 0 Å². The van der Waals surface area contributed by atoms with Crippen molar-refractivity contribution in [2.45, 2.75) is 6.92 Å². The van der Waals surface area contributed by atoms with Gasteiger partial charge in [-0.2, -0.15) is 0 Å².